The summed E-state index contributed by atoms with van der Waals surface area (Å²) in [6.45, 7) is 10.6. The second-order valence-corrected chi connectivity index (χ2v) is 12.4. The summed E-state index contributed by atoms with van der Waals surface area (Å²) in [4.78, 5) is 5.01. The third-order valence-electron chi connectivity index (χ3n) is 8.73. The SMILES string of the molecule is CCCCCCCCCCCCCCCn1ccnc1C(C(C)C)C(C)(Cc1ccccc1)c1ccccc1. The third kappa shape index (κ3) is 9.96. The smallest absolute Gasteiger partial charge is 0.112 e. The predicted octanol–water partition coefficient (Wildman–Crippen LogP) is 10.9. The largest absolute Gasteiger partial charge is 0.335 e. The van der Waals surface area contributed by atoms with Crippen molar-refractivity contribution in [2.45, 2.75) is 135 Å². The molecule has 3 rings (SSSR count). The molecule has 0 spiro atoms. The van der Waals surface area contributed by atoms with E-state index in [1.165, 1.54) is 100 Å². The van der Waals surface area contributed by atoms with E-state index in [-0.39, 0.29) is 5.41 Å². The number of hydrogen-bond donors (Lipinski definition) is 0. The van der Waals surface area contributed by atoms with Gasteiger partial charge in [0.15, 0.2) is 0 Å². The van der Waals surface area contributed by atoms with Gasteiger partial charge in [-0.05, 0) is 29.9 Å². The minimum atomic E-state index is -0.0457. The van der Waals surface area contributed by atoms with Crippen LogP contribution >= 0.6 is 0 Å². The van der Waals surface area contributed by atoms with Gasteiger partial charge in [-0.2, -0.15) is 0 Å². The van der Waals surface area contributed by atoms with Gasteiger partial charge < -0.3 is 4.57 Å². The molecule has 2 nitrogen and oxygen atoms in total. The van der Waals surface area contributed by atoms with E-state index in [1.807, 2.05) is 6.20 Å². The number of nitrogens with zero attached hydrogens (tertiary/aromatic N) is 2. The van der Waals surface area contributed by atoms with Crippen LogP contribution in [0.3, 0.4) is 0 Å². The summed E-state index contributed by atoms with van der Waals surface area (Å²) in [5.74, 6) is 2.06. The molecule has 0 bridgehead atoms. The van der Waals surface area contributed by atoms with Crippen molar-refractivity contribution in [3.63, 3.8) is 0 Å². The van der Waals surface area contributed by atoms with Crippen molar-refractivity contribution in [3.05, 3.63) is 90.0 Å². The molecule has 2 aromatic carbocycles. The summed E-state index contributed by atoms with van der Waals surface area (Å²) < 4.78 is 2.47. The maximum absolute atomic E-state index is 5.01. The summed E-state index contributed by atoms with van der Waals surface area (Å²) >= 11 is 0. The average molecular weight is 529 g/mol. The predicted molar refractivity (Wildman–Crippen MR) is 169 cm³/mol. The lowest BCUT2D eigenvalue weighted by atomic mass is 9.64. The van der Waals surface area contributed by atoms with Crippen molar-refractivity contribution in [1.29, 1.82) is 0 Å². The fourth-order valence-electron chi connectivity index (χ4n) is 6.64. The van der Waals surface area contributed by atoms with Crippen LogP contribution in [0.1, 0.15) is 134 Å². The van der Waals surface area contributed by atoms with Gasteiger partial charge in [0, 0.05) is 30.3 Å². The molecule has 39 heavy (non-hydrogen) atoms. The highest BCUT2D eigenvalue weighted by atomic mass is 15.1. The van der Waals surface area contributed by atoms with Crippen LogP contribution in [0.25, 0.3) is 0 Å². The molecular weight excluding hydrogens is 472 g/mol. The van der Waals surface area contributed by atoms with Gasteiger partial charge in [0.2, 0.25) is 0 Å². The molecule has 3 aromatic rings. The molecule has 1 heterocycles. The first-order valence-electron chi connectivity index (χ1n) is 16.2. The van der Waals surface area contributed by atoms with Gasteiger partial charge in [0.05, 0.1) is 0 Å². The number of benzene rings is 2. The first kappa shape index (κ1) is 31.2. The molecule has 0 amide bonds. The van der Waals surface area contributed by atoms with Crippen LogP contribution in [0.15, 0.2) is 73.1 Å². The fourth-order valence-corrected chi connectivity index (χ4v) is 6.64. The van der Waals surface area contributed by atoms with Gasteiger partial charge in [-0.1, -0.05) is 165 Å². The Labute approximate surface area is 240 Å². The minimum Gasteiger partial charge on any atom is -0.335 e. The van der Waals surface area contributed by atoms with Crippen molar-refractivity contribution in [2.75, 3.05) is 0 Å². The summed E-state index contributed by atoms with van der Waals surface area (Å²) in [6.07, 6.45) is 23.4. The number of aromatic nitrogens is 2. The Balaban J connectivity index is 1.55. The Morgan fingerprint density at radius 3 is 1.74 bits per heavy atom. The van der Waals surface area contributed by atoms with E-state index in [9.17, 15) is 0 Å². The third-order valence-corrected chi connectivity index (χ3v) is 8.73. The van der Waals surface area contributed by atoms with Gasteiger partial charge in [0.1, 0.15) is 5.82 Å². The normalized spacial score (nSPS) is 14.0. The Bertz CT molecular complexity index is 1010. The van der Waals surface area contributed by atoms with Crippen molar-refractivity contribution in [2.24, 2.45) is 5.92 Å². The Hall–Kier alpha value is -2.35. The summed E-state index contributed by atoms with van der Waals surface area (Å²) in [7, 11) is 0. The zero-order valence-corrected chi connectivity index (χ0v) is 25.6. The van der Waals surface area contributed by atoms with Crippen LogP contribution in [-0.2, 0) is 18.4 Å². The van der Waals surface area contributed by atoms with E-state index in [4.69, 9.17) is 4.98 Å². The highest BCUT2D eigenvalue weighted by molar-refractivity contribution is 5.33. The molecule has 0 fully saturated rings. The highest BCUT2D eigenvalue weighted by Gasteiger charge is 2.41. The minimum absolute atomic E-state index is 0.0457. The molecule has 0 radical (unpaired) electrons. The fraction of sp³-hybridized carbons (Fsp3) is 0.595. The molecule has 1 aromatic heterocycles. The van der Waals surface area contributed by atoms with Crippen LogP contribution < -0.4 is 0 Å². The van der Waals surface area contributed by atoms with Crippen LogP contribution in [0.5, 0.6) is 0 Å². The first-order valence-corrected chi connectivity index (χ1v) is 16.2. The zero-order valence-electron chi connectivity index (χ0n) is 25.6. The van der Waals surface area contributed by atoms with Crippen molar-refractivity contribution in [3.8, 4) is 0 Å². The lowest BCUT2D eigenvalue weighted by molar-refractivity contribution is 0.281. The number of rotatable bonds is 20. The van der Waals surface area contributed by atoms with E-state index in [0.717, 1.165) is 13.0 Å². The lowest BCUT2D eigenvalue weighted by Gasteiger charge is -2.41. The molecule has 2 heteroatoms. The van der Waals surface area contributed by atoms with Gasteiger partial charge in [-0.3, -0.25) is 0 Å². The molecule has 0 aliphatic heterocycles. The van der Waals surface area contributed by atoms with Crippen LogP contribution in [-0.4, -0.2) is 9.55 Å². The zero-order chi connectivity index (χ0) is 27.8. The Kier molecular flexibility index (Phi) is 13.9. The molecule has 0 N–H and O–H groups in total. The maximum atomic E-state index is 5.01. The first-order chi connectivity index (χ1) is 19.1. The van der Waals surface area contributed by atoms with Crippen LogP contribution in [0.2, 0.25) is 0 Å². The molecule has 0 aliphatic carbocycles. The van der Waals surface area contributed by atoms with Crippen molar-refractivity contribution in [1.82, 2.24) is 9.55 Å². The summed E-state index contributed by atoms with van der Waals surface area (Å²) in [6, 6.07) is 22.2. The lowest BCUT2D eigenvalue weighted by Crippen LogP contribution is -2.37. The summed E-state index contributed by atoms with van der Waals surface area (Å²) in [5, 5.41) is 0. The molecular formula is C37H56N2. The standard InChI is InChI=1S/C37H56N2/c1-5-6-7-8-9-10-11-12-13-14-15-16-23-29-39-30-28-38-36(39)35(32(2)3)37(4,34-26-21-18-22-27-34)31-33-24-19-17-20-25-33/h17-22,24-28,30,32,35H,5-16,23,29,31H2,1-4H3. The number of hydrogen-bond acceptors (Lipinski definition) is 1. The number of imidazole rings is 1. The van der Waals surface area contributed by atoms with Crippen molar-refractivity contribution < 1.29 is 0 Å². The highest BCUT2D eigenvalue weighted by Crippen LogP contribution is 2.45. The molecule has 214 valence electrons. The molecule has 2 unspecified atom stereocenters. The maximum Gasteiger partial charge on any atom is 0.112 e. The van der Waals surface area contributed by atoms with Gasteiger partial charge >= 0.3 is 0 Å². The van der Waals surface area contributed by atoms with Crippen LogP contribution in [0.4, 0.5) is 0 Å². The number of unbranched alkanes of at least 4 members (excludes halogenated alkanes) is 12. The molecule has 0 aliphatic rings. The van der Waals surface area contributed by atoms with E-state index >= 15 is 0 Å². The van der Waals surface area contributed by atoms with E-state index in [0.29, 0.717) is 11.8 Å². The molecule has 0 saturated heterocycles. The van der Waals surface area contributed by atoms with E-state index in [1.54, 1.807) is 0 Å². The average Bonchev–Trinajstić information content (AvgIpc) is 3.39. The molecule has 2 atom stereocenters. The monoisotopic (exact) mass is 528 g/mol. The second kappa shape index (κ2) is 17.4. The Morgan fingerprint density at radius 1 is 0.692 bits per heavy atom. The molecule has 0 saturated carbocycles. The van der Waals surface area contributed by atoms with E-state index < -0.39 is 0 Å². The second-order valence-electron chi connectivity index (χ2n) is 12.4. The van der Waals surface area contributed by atoms with Crippen LogP contribution in [0, 0.1) is 5.92 Å². The summed E-state index contributed by atoms with van der Waals surface area (Å²) in [5.41, 5.74) is 2.75. The Morgan fingerprint density at radius 2 is 1.21 bits per heavy atom. The van der Waals surface area contributed by atoms with Gasteiger partial charge in [0.25, 0.3) is 0 Å². The van der Waals surface area contributed by atoms with Gasteiger partial charge in [-0.15, -0.1) is 0 Å². The number of aryl methyl sites for hydroxylation is 1. The quantitative estimate of drug-likeness (QED) is 0.133. The van der Waals surface area contributed by atoms with Crippen molar-refractivity contribution >= 4 is 0 Å². The topological polar surface area (TPSA) is 17.8 Å². The van der Waals surface area contributed by atoms with E-state index in [2.05, 4.69) is 99.1 Å². The van der Waals surface area contributed by atoms with Gasteiger partial charge in [-0.25, -0.2) is 4.98 Å².